The summed E-state index contributed by atoms with van der Waals surface area (Å²) in [5, 5.41) is 0. The third kappa shape index (κ3) is 2.06. The van der Waals surface area contributed by atoms with E-state index in [1.54, 1.807) is 7.11 Å². The van der Waals surface area contributed by atoms with Crippen LogP contribution in [0.4, 0.5) is 0 Å². The van der Waals surface area contributed by atoms with E-state index >= 15 is 0 Å². The van der Waals surface area contributed by atoms with Gasteiger partial charge in [0.1, 0.15) is 0 Å². The van der Waals surface area contributed by atoms with E-state index in [-0.39, 0.29) is 29.5 Å². The second kappa shape index (κ2) is 5.70. The predicted octanol–water partition coefficient (Wildman–Crippen LogP) is 5.01. The zero-order valence-corrected chi connectivity index (χ0v) is 16.3. The molecule has 4 aliphatic rings. The van der Waals surface area contributed by atoms with Crippen LogP contribution in [0.25, 0.3) is 0 Å². The van der Waals surface area contributed by atoms with Crippen LogP contribution in [0.5, 0.6) is 0 Å². The van der Waals surface area contributed by atoms with Crippen LogP contribution in [0.2, 0.25) is 0 Å². The predicted molar refractivity (Wildman–Crippen MR) is 106 cm³/mol. The van der Waals surface area contributed by atoms with Gasteiger partial charge in [0.15, 0.2) is 0 Å². The highest BCUT2D eigenvalue weighted by molar-refractivity contribution is 5.77. The van der Waals surface area contributed by atoms with Crippen LogP contribution >= 0.6 is 0 Å². The van der Waals surface area contributed by atoms with Gasteiger partial charge < -0.3 is 9.47 Å². The van der Waals surface area contributed by atoms with Gasteiger partial charge in [-0.2, -0.15) is 0 Å². The number of esters is 1. The van der Waals surface area contributed by atoms with Gasteiger partial charge in [-0.15, -0.1) is 0 Å². The largest absolute Gasteiger partial charge is 0.436 e. The Balaban J connectivity index is 1.54. The van der Waals surface area contributed by atoms with Crippen molar-refractivity contribution >= 4 is 5.97 Å². The first-order chi connectivity index (χ1) is 13.7. The van der Waals surface area contributed by atoms with Gasteiger partial charge in [0.2, 0.25) is 6.29 Å². The van der Waals surface area contributed by atoms with Gasteiger partial charge >= 0.3 is 5.97 Å². The fourth-order valence-electron chi connectivity index (χ4n) is 6.85. The summed E-state index contributed by atoms with van der Waals surface area (Å²) in [5.41, 5.74) is 4.79. The van der Waals surface area contributed by atoms with Crippen molar-refractivity contribution in [1.82, 2.24) is 0 Å². The molecule has 1 aliphatic heterocycles. The molecule has 2 aromatic carbocycles. The zero-order chi connectivity index (χ0) is 18.9. The molecule has 1 saturated heterocycles. The molecule has 4 unspecified atom stereocenters. The van der Waals surface area contributed by atoms with Crippen LogP contribution < -0.4 is 0 Å². The van der Waals surface area contributed by atoms with E-state index in [0.717, 1.165) is 0 Å². The van der Waals surface area contributed by atoms with E-state index < -0.39 is 0 Å². The summed E-state index contributed by atoms with van der Waals surface area (Å²) in [6.07, 6.45) is 5.30. The van der Waals surface area contributed by atoms with Crippen molar-refractivity contribution in [3.05, 3.63) is 71.3 Å². The molecule has 0 bridgehead atoms. The minimum absolute atomic E-state index is 0.0631. The maximum atomic E-state index is 12.8. The molecule has 0 N–H and O–H groups in total. The van der Waals surface area contributed by atoms with Gasteiger partial charge in [0.25, 0.3) is 0 Å². The molecule has 3 nitrogen and oxygen atoms in total. The molecule has 1 heterocycles. The van der Waals surface area contributed by atoms with Crippen LogP contribution in [-0.2, 0) is 14.3 Å². The molecular weight excluding hydrogens is 348 g/mol. The van der Waals surface area contributed by atoms with Gasteiger partial charge in [0.05, 0.1) is 5.92 Å². The van der Waals surface area contributed by atoms with Crippen molar-refractivity contribution < 1.29 is 14.3 Å². The summed E-state index contributed by atoms with van der Waals surface area (Å²) < 4.78 is 10.9. The van der Waals surface area contributed by atoms with Gasteiger partial charge in [-0.05, 0) is 53.2 Å². The monoisotopic (exact) mass is 374 g/mol. The lowest BCUT2D eigenvalue weighted by atomic mass is 9.54. The average molecular weight is 374 g/mol. The molecule has 2 aromatic rings. The van der Waals surface area contributed by atoms with Crippen LogP contribution in [0, 0.1) is 16.7 Å². The molecule has 4 atom stereocenters. The Morgan fingerprint density at radius 3 is 2.14 bits per heavy atom. The summed E-state index contributed by atoms with van der Waals surface area (Å²) in [4.78, 5) is 12.8. The Morgan fingerprint density at radius 1 is 0.893 bits per heavy atom. The molecule has 3 fully saturated rings. The van der Waals surface area contributed by atoms with Crippen molar-refractivity contribution in [2.24, 2.45) is 16.7 Å². The fourth-order valence-corrected chi connectivity index (χ4v) is 6.85. The maximum Gasteiger partial charge on any atom is 0.312 e. The van der Waals surface area contributed by atoms with E-state index in [4.69, 9.17) is 9.47 Å². The van der Waals surface area contributed by atoms with E-state index in [1.165, 1.54) is 42.4 Å². The Bertz CT molecular complexity index is 926. The third-order valence-electron chi connectivity index (χ3n) is 8.15. The molecule has 0 amide bonds. The number of fused-ring (bicyclic) bond motifs is 2. The highest BCUT2D eigenvalue weighted by Gasteiger charge is 2.75. The zero-order valence-electron chi connectivity index (χ0n) is 16.3. The number of hydrogen-bond acceptors (Lipinski definition) is 3. The quantitative estimate of drug-likeness (QED) is 0.708. The summed E-state index contributed by atoms with van der Waals surface area (Å²) in [7, 11) is 1.63. The lowest BCUT2D eigenvalue weighted by molar-refractivity contribution is -0.160. The van der Waals surface area contributed by atoms with Gasteiger partial charge in [-0.1, -0.05) is 54.6 Å². The van der Waals surface area contributed by atoms with E-state index in [2.05, 4.69) is 54.6 Å². The molecule has 0 radical (unpaired) electrons. The molecular formula is C25H26O3. The van der Waals surface area contributed by atoms with Crippen LogP contribution in [0.3, 0.4) is 0 Å². The third-order valence-corrected chi connectivity index (χ3v) is 8.15. The number of hydrogen-bond donors (Lipinski definition) is 0. The van der Waals surface area contributed by atoms with Gasteiger partial charge in [0, 0.05) is 25.4 Å². The topological polar surface area (TPSA) is 35.5 Å². The van der Waals surface area contributed by atoms with E-state index in [0.29, 0.717) is 17.8 Å². The summed E-state index contributed by atoms with van der Waals surface area (Å²) in [5.74, 6) is 0.563. The Kier molecular flexibility index (Phi) is 3.42. The molecule has 144 valence electrons. The first-order valence-electron chi connectivity index (χ1n) is 10.6. The number of ether oxygens (including phenoxy) is 2. The second-order valence-electron chi connectivity index (χ2n) is 9.21. The molecule has 28 heavy (non-hydrogen) atoms. The van der Waals surface area contributed by atoms with Crippen molar-refractivity contribution in [2.75, 3.05) is 7.11 Å². The van der Waals surface area contributed by atoms with Crippen molar-refractivity contribution in [3.8, 4) is 0 Å². The summed E-state index contributed by atoms with van der Waals surface area (Å²) >= 11 is 0. The Hall–Kier alpha value is -2.13. The van der Waals surface area contributed by atoms with E-state index in [9.17, 15) is 4.79 Å². The lowest BCUT2D eigenvalue weighted by Crippen LogP contribution is -2.41. The smallest absolute Gasteiger partial charge is 0.312 e. The standard InChI is InChI=1S/C25H26O3/c1-27-20-15-19(23(26)28-20)22-18-10-6-5-9-17(18)21(16-7-3-2-4-8-16)24(11-12-24)25(22)13-14-25/h2-10,19-22H,11-15H2,1H3. The summed E-state index contributed by atoms with van der Waals surface area (Å²) in [6, 6.07) is 19.9. The van der Waals surface area contributed by atoms with Gasteiger partial charge in [-0.3, -0.25) is 4.79 Å². The number of carbonyl (C=O) groups excluding carboxylic acids is 1. The van der Waals surface area contributed by atoms with Crippen LogP contribution in [0.1, 0.15) is 60.6 Å². The Morgan fingerprint density at radius 2 is 1.54 bits per heavy atom. The molecule has 6 rings (SSSR count). The van der Waals surface area contributed by atoms with Crippen LogP contribution in [-0.4, -0.2) is 19.4 Å². The summed E-state index contributed by atoms with van der Waals surface area (Å²) in [6.45, 7) is 0. The van der Waals surface area contributed by atoms with Crippen molar-refractivity contribution in [3.63, 3.8) is 0 Å². The first-order valence-corrected chi connectivity index (χ1v) is 10.6. The number of methoxy groups -OCH3 is 1. The van der Waals surface area contributed by atoms with Crippen molar-refractivity contribution in [1.29, 1.82) is 0 Å². The normalized spacial score (nSPS) is 33.5. The lowest BCUT2D eigenvalue weighted by Gasteiger charge is -2.48. The molecule has 3 aliphatic carbocycles. The first kappa shape index (κ1) is 16.8. The van der Waals surface area contributed by atoms with E-state index in [1.807, 2.05) is 0 Å². The highest BCUT2D eigenvalue weighted by Crippen LogP contribution is 2.83. The minimum Gasteiger partial charge on any atom is -0.436 e. The average Bonchev–Trinajstić information content (AvgIpc) is 3.64. The molecule has 3 heteroatoms. The fraction of sp³-hybridized carbons (Fsp3) is 0.480. The maximum absolute atomic E-state index is 12.8. The number of cyclic esters (lactones) is 1. The number of carbonyl (C=O) groups is 1. The number of benzene rings is 2. The van der Waals surface area contributed by atoms with Gasteiger partial charge in [-0.25, -0.2) is 0 Å². The van der Waals surface area contributed by atoms with Crippen LogP contribution in [0.15, 0.2) is 54.6 Å². The Labute approximate surface area is 166 Å². The molecule has 2 saturated carbocycles. The van der Waals surface area contributed by atoms with Crippen molar-refractivity contribution in [2.45, 2.75) is 50.2 Å². The highest BCUT2D eigenvalue weighted by atomic mass is 16.7. The minimum atomic E-state index is -0.387. The molecule has 2 spiro atoms. The number of rotatable bonds is 3. The second-order valence-corrected chi connectivity index (χ2v) is 9.21. The molecule has 0 aromatic heterocycles. The SMILES string of the molecule is COC1CC(C2c3ccccc3C(c3ccccc3)C3(CC3)C23CC3)C(=O)O1.